The summed E-state index contributed by atoms with van der Waals surface area (Å²) in [6, 6.07) is 8.88. The van der Waals surface area contributed by atoms with Crippen LogP contribution in [-0.4, -0.2) is 13.0 Å². The lowest BCUT2D eigenvalue weighted by atomic mass is 10.2. The summed E-state index contributed by atoms with van der Waals surface area (Å²) in [5, 5.41) is 0. The van der Waals surface area contributed by atoms with Gasteiger partial charge in [0.05, 0.1) is 6.26 Å². The van der Waals surface area contributed by atoms with Crippen LogP contribution in [0.2, 0.25) is 0 Å². The van der Waals surface area contributed by atoms with Crippen LogP contribution in [0.4, 0.5) is 11.4 Å². The molecule has 0 spiro atoms. The van der Waals surface area contributed by atoms with E-state index < -0.39 is 0 Å². The number of hydrogen-bond donors (Lipinski definition) is 1. The van der Waals surface area contributed by atoms with Crippen molar-refractivity contribution in [2.24, 2.45) is 0 Å². The van der Waals surface area contributed by atoms with Crippen LogP contribution in [0.1, 0.15) is 16.1 Å². The van der Waals surface area contributed by atoms with Gasteiger partial charge >= 0.3 is 0 Å². The number of nitrogen functional groups attached to an aromatic ring is 1. The summed E-state index contributed by atoms with van der Waals surface area (Å²) < 4.78 is 5.18. The molecule has 0 aliphatic heterocycles. The van der Waals surface area contributed by atoms with Crippen molar-refractivity contribution >= 4 is 17.3 Å². The maximum atomic E-state index is 12.1. The van der Waals surface area contributed by atoms with Crippen LogP contribution in [0.3, 0.4) is 0 Å². The highest BCUT2D eigenvalue weighted by Crippen LogP contribution is 2.19. The van der Waals surface area contributed by atoms with Gasteiger partial charge in [0, 0.05) is 24.0 Å². The van der Waals surface area contributed by atoms with Gasteiger partial charge in [-0.3, -0.25) is 4.79 Å². The van der Waals surface area contributed by atoms with Crippen LogP contribution in [0.25, 0.3) is 0 Å². The lowest BCUT2D eigenvalue weighted by Gasteiger charge is -2.16. The predicted molar refractivity (Wildman–Crippen MR) is 67.0 cm³/mol. The molecule has 0 aliphatic carbocycles. The number of carbonyl (C=O) groups excluding carboxylic acids is 1. The number of rotatable bonds is 2. The summed E-state index contributed by atoms with van der Waals surface area (Å²) in [6.07, 6.45) is 1.51. The first kappa shape index (κ1) is 11.3. The standard InChI is InChI=1S/C13H14N2O2/c1-9-7-8-17-12(9)13(16)15(2)11-5-3-10(14)4-6-11/h3-8H,14H2,1-2H3. The summed E-state index contributed by atoms with van der Waals surface area (Å²) in [5.41, 5.74) is 7.88. The number of furan rings is 1. The molecule has 88 valence electrons. The molecule has 2 aromatic rings. The summed E-state index contributed by atoms with van der Waals surface area (Å²) in [4.78, 5) is 13.6. The van der Waals surface area contributed by atoms with E-state index in [2.05, 4.69) is 0 Å². The van der Waals surface area contributed by atoms with Gasteiger partial charge in [0.25, 0.3) is 5.91 Å². The zero-order valence-corrected chi connectivity index (χ0v) is 9.81. The van der Waals surface area contributed by atoms with Gasteiger partial charge < -0.3 is 15.1 Å². The highest BCUT2D eigenvalue weighted by atomic mass is 16.3. The highest BCUT2D eigenvalue weighted by Gasteiger charge is 2.18. The van der Waals surface area contributed by atoms with Gasteiger partial charge in [0.1, 0.15) is 0 Å². The van der Waals surface area contributed by atoms with Crippen molar-refractivity contribution in [2.75, 3.05) is 17.7 Å². The molecule has 2 rings (SSSR count). The first-order chi connectivity index (χ1) is 8.09. The van der Waals surface area contributed by atoms with Crippen molar-refractivity contribution < 1.29 is 9.21 Å². The lowest BCUT2D eigenvalue weighted by Crippen LogP contribution is -2.26. The molecule has 1 aromatic carbocycles. The van der Waals surface area contributed by atoms with E-state index in [0.717, 1.165) is 11.3 Å². The largest absolute Gasteiger partial charge is 0.459 e. The first-order valence-corrected chi connectivity index (χ1v) is 5.27. The van der Waals surface area contributed by atoms with Crippen molar-refractivity contribution in [3.05, 3.63) is 47.9 Å². The fraction of sp³-hybridized carbons (Fsp3) is 0.154. The third-order valence-corrected chi connectivity index (χ3v) is 2.64. The second kappa shape index (κ2) is 4.33. The van der Waals surface area contributed by atoms with Gasteiger partial charge in [0.2, 0.25) is 0 Å². The molecule has 4 nitrogen and oxygen atoms in total. The molecule has 0 bridgehead atoms. The molecular weight excluding hydrogens is 216 g/mol. The van der Waals surface area contributed by atoms with Crippen molar-refractivity contribution in [2.45, 2.75) is 6.92 Å². The Kier molecular flexibility index (Phi) is 2.87. The zero-order chi connectivity index (χ0) is 12.4. The Morgan fingerprint density at radius 2 is 1.88 bits per heavy atom. The minimum absolute atomic E-state index is 0.169. The maximum Gasteiger partial charge on any atom is 0.293 e. The molecule has 17 heavy (non-hydrogen) atoms. The van der Waals surface area contributed by atoms with Crippen LogP contribution in [0.5, 0.6) is 0 Å². The Labute approximate surface area is 99.6 Å². The number of anilines is 2. The summed E-state index contributed by atoms with van der Waals surface area (Å²) in [7, 11) is 1.70. The molecular formula is C13H14N2O2. The average Bonchev–Trinajstić information content (AvgIpc) is 2.74. The lowest BCUT2D eigenvalue weighted by molar-refractivity contribution is 0.0965. The summed E-state index contributed by atoms with van der Waals surface area (Å²) >= 11 is 0. The Balaban J connectivity index is 2.26. The fourth-order valence-corrected chi connectivity index (χ4v) is 1.56. The molecule has 0 radical (unpaired) electrons. The SMILES string of the molecule is Cc1ccoc1C(=O)N(C)c1ccc(N)cc1. The molecule has 1 heterocycles. The van der Waals surface area contributed by atoms with Crippen LogP contribution in [0.15, 0.2) is 41.0 Å². The van der Waals surface area contributed by atoms with Gasteiger partial charge in [0.15, 0.2) is 5.76 Å². The van der Waals surface area contributed by atoms with Gasteiger partial charge in [-0.05, 0) is 37.3 Å². The fourth-order valence-electron chi connectivity index (χ4n) is 1.56. The quantitative estimate of drug-likeness (QED) is 0.806. The van der Waals surface area contributed by atoms with Gasteiger partial charge in [-0.1, -0.05) is 0 Å². The molecule has 0 saturated carbocycles. The first-order valence-electron chi connectivity index (χ1n) is 5.27. The molecule has 0 fully saturated rings. The van der Waals surface area contributed by atoms with E-state index in [4.69, 9.17) is 10.2 Å². The summed E-state index contributed by atoms with van der Waals surface area (Å²) in [5.74, 6) is 0.196. The number of hydrogen-bond acceptors (Lipinski definition) is 3. The smallest absolute Gasteiger partial charge is 0.293 e. The van der Waals surface area contributed by atoms with E-state index in [1.165, 1.54) is 11.2 Å². The van der Waals surface area contributed by atoms with Crippen LogP contribution >= 0.6 is 0 Å². The molecule has 1 amide bonds. The van der Waals surface area contributed by atoms with Crippen molar-refractivity contribution in [3.63, 3.8) is 0 Å². The second-order valence-corrected chi connectivity index (χ2v) is 3.89. The normalized spacial score (nSPS) is 10.2. The van der Waals surface area contributed by atoms with Gasteiger partial charge in [-0.2, -0.15) is 0 Å². The molecule has 1 aromatic heterocycles. The van der Waals surface area contributed by atoms with E-state index in [1.54, 1.807) is 37.4 Å². The number of carbonyl (C=O) groups is 1. The number of benzene rings is 1. The van der Waals surface area contributed by atoms with E-state index in [-0.39, 0.29) is 5.91 Å². The van der Waals surface area contributed by atoms with E-state index in [9.17, 15) is 4.79 Å². The average molecular weight is 230 g/mol. The summed E-state index contributed by atoms with van der Waals surface area (Å²) in [6.45, 7) is 1.84. The monoisotopic (exact) mass is 230 g/mol. The molecule has 2 N–H and O–H groups in total. The number of nitrogens with two attached hydrogens (primary N) is 1. The predicted octanol–water partition coefficient (Wildman–Crippen LogP) is 2.45. The third kappa shape index (κ3) is 2.15. The maximum absolute atomic E-state index is 12.1. The minimum Gasteiger partial charge on any atom is -0.459 e. The Morgan fingerprint density at radius 3 is 2.41 bits per heavy atom. The number of nitrogens with zero attached hydrogens (tertiary/aromatic N) is 1. The van der Waals surface area contributed by atoms with E-state index in [1.807, 2.05) is 6.92 Å². The Morgan fingerprint density at radius 1 is 1.24 bits per heavy atom. The molecule has 0 atom stereocenters. The third-order valence-electron chi connectivity index (χ3n) is 2.64. The van der Waals surface area contributed by atoms with Crippen LogP contribution in [0, 0.1) is 6.92 Å². The molecule has 4 heteroatoms. The van der Waals surface area contributed by atoms with Gasteiger partial charge in [-0.25, -0.2) is 0 Å². The Bertz CT molecular complexity index is 529. The molecule has 0 aliphatic rings. The van der Waals surface area contributed by atoms with Crippen LogP contribution in [-0.2, 0) is 0 Å². The number of aryl methyl sites for hydroxylation is 1. The van der Waals surface area contributed by atoms with E-state index >= 15 is 0 Å². The van der Waals surface area contributed by atoms with Crippen LogP contribution < -0.4 is 10.6 Å². The van der Waals surface area contributed by atoms with E-state index in [0.29, 0.717) is 11.4 Å². The minimum atomic E-state index is -0.169. The second-order valence-electron chi connectivity index (χ2n) is 3.89. The highest BCUT2D eigenvalue weighted by molar-refractivity contribution is 6.04. The number of amides is 1. The molecule has 0 saturated heterocycles. The zero-order valence-electron chi connectivity index (χ0n) is 9.81. The van der Waals surface area contributed by atoms with Gasteiger partial charge in [-0.15, -0.1) is 0 Å². The van der Waals surface area contributed by atoms with Crippen molar-refractivity contribution in [1.29, 1.82) is 0 Å². The molecule has 0 unspecified atom stereocenters. The van der Waals surface area contributed by atoms with Crippen molar-refractivity contribution in [3.8, 4) is 0 Å². The Hall–Kier alpha value is -2.23. The topological polar surface area (TPSA) is 59.5 Å². The van der Waals surface area contributed by atoms with Crippen molar-refractivity contribution in [1.82, 2.24) is 0 Å².